The minimum absolute atomic E-state index is 0.0214. The molecule has 10 heteroatoms. The molecule has 190 valence electrons. The molecular formula is C26H29N3O6S. The van der Waals surface area contributed by atoms with Gasteiger partial charge in [-0.1, -0.05) is 50.2 Å². The number of ether oxygens (including phenoxy) is 1. The second-order valence-electron chi connectivity index (χ2n) is 8.62. The first-order chi connectivity index (χ1) is 17.1. The molecule has 1 N–H and O–H groups in total. The Bertz CT molecular complexity index is 1290. The first kappa shape index (κ1) is 26.7. The van der Waals surface area contributed by atoms with Crippen molar-refractivity contribution in [3.8, 4) is 5.75 Å². The molecule has 0 fully saturated rings. The van der Waals surface area contributed by atoms with E-state index in [1.54, 1.807) is 37.4 Å². The average molecular weight is 512 g/mol. The van der Waals surface area contributed by atoms with Crippen molar-refractivity contribution < 1.29 is 22.9 Å². The first-order valence-corrected chi connectivity index (χ1v) is 12.8. The van der Waals surface area contributed by atoms with E-state index in [0.717, 1.165) is 15.9 Å². The molecule has 0 unspecified atom stereocenters. The summed E-state index contributed by atoms with van der Waals surface area (Å²) in [5.41, 5.74) is 0.593. The molecule has 0 spiro atoms. The number of carbonyl (C=O) groups excluding carboxylic acids is 1. The Morgan fingerprint density at radius 2 is 1.69 bits per heavy atom. The summed E-state index contributed by atoms with van der Waals surface area (Å²) in [6.07, 6.45) is 0.625. The minimum Gasteiger partial charge on any atom is -0.497 e. The van der Waals surface area contributed by atoms with Gasteiger partial charge in [0.05, 0.1) is 28.7 Å². The molecule has 3 rings (SSSR count). The number of sulfonamides is 1. The molecule has 9 nitrogen and oxygen atoms in total. The van der Waals surface area contributed by atoms with Crippen LogP contribution in [0.5, 0.6) is 5.75 Å². The van der Waals surface area contributed by atoms with E-state index in [-0.39, 0.29) is 28.2 Å². The number of nitrogens with zero attached hydrogens (tertiary/aromatic N) is 2. The first-order valence-electron chi connectivity index (χ1n) is 11.4. The number of methoxy groups -OCH3 is 1. The van der Waals surface area contributed by atoms with Gasteiger partial charge in [0.25, 0.3) is 15.7 Å². The van der Waals surface area contributed by atoms with Crippen LogP contribution in [0.3, 0.4) is 0 Å². The van der Waals surface area contributed by atoms with E-state index >= 15 is 0 Å². The smallest absolute Gasteiger partial charge is 0.271 e. The number of benzene rings is 3. The maximum absolute atomic E-state index is 13.5. The van der Waals surface area contributed by atoms with Gasteiger partial charge in [-0.25, -0.2) is 8.42 Å². The third-order valence-corrected chi connectivity index (χ3v) is 7.30. The van der Waals surface area contributed by atoms with Gasteiger partial charge in [-0.15, -0.1) is 0 Å². The summed E-state index contributed by atoms with van der Waals surface area (Å²) >= 11 is 0. The molecule has 3 aromatic rings. The third kappa shape index (κ3) is 6.60. The van der Waals surface area contributed by atoms with Gasteiger partial charge in [-0.3, -0.25) is 19.2 Å². The van der Waals surface area contributed by atoms with Gasteiger partial charge in [-0.2, -0.15) is 0 Å². The molecule has 0 saturated carbocycles. The summed E-state index contributed by atoms with van der Waals surface area (Å²) in [4.78, 5) is 23.9. The molecule has 0 aliphatic carbocycles. The summed E-state index contributed by atoms with van der Waals surface area (Å²) in [6.45, 7) is 3.50. The monoisotopic (exact) mass is 511 g/mol. The minimum atomic E-state index is -4.19. The Kier molecular flexibility index (Phi) is 8.65. The molecule has 0 aromatic heterocycles. The topological polar surface area (TPSA) is 119 Å². The van der Waals surface area contributed by atoms with Gasteiger partial charge >= 0.3 is 0 Å². The molecule has 0 heterocycles. The van der Waals surface area contributed by atoms with Crippen molar-refractivity contribution in [3.63, 3.8) is 0 Å². The van der Waals surface area contributed by atoms with Crippen molar-refractivity contribution in [1.82, 2.24) is 5.32 Å². The summed E-state index contributed by atoms with van der Waals surface area (Å²) in [5, 5.41) is 14.3. The van der Waals surface area contributed by atoms with E-state index in [4.69, 9.17) is 4.74 Å². The van der Waals surface area contributed by atoms with Crippen LogP contribution < -0.4 is 14.4 Å². The van der Waals surface area contributed by atoms with Crippen molar-refractivity contribution in [2.75, 3.05) is 18.0 Å². The summed E-state index contributed by atoms with van der Waals surface area (Å²) < 4.78 is 33.1. The largest absolute Gasteiger partial charge is 0.497 e. The van der Waals surface area contributed by atoms with Crippen LogP contribution in [0.25, 0.3) is 0 Å². The zero-order chi connectivity index (χ0) is 26.3. The van der Waals surface area contributed by atoms with E-state index in [9.17, 15) is 23.3 Å². The fourth-order valence-corrected chi connectivity index (χ4v) is 5.19. The number of hydrogen-bond acceptors (Lipinski definition) is 6. The van der Waals surface area contributed by atoms with Crippen LogP contribution in [0.4, 0.5) is 11.4 Å². The van der Waals surface area contributed by atoms with E-state index < -0.39 is 27.4 Å². The highest BCUT2D eigenvalue weighted by molar-refractivity contribution is 7.92. The summed E-state index contributed by atoms with van der Waals surface area (Å²) in [7, 11) is -2.62. The Morgan fingerprint density at radius 1 is 1.03 bits per heavy atom. The number of rotatable bonds is 11. The highest BCUT2D eigenvalue weighted by Crippen LogP contribution is 2.28. The van der Waals surface area contributed by atoms with Gasteiger partial charge in [0.15, 0.2) is 0 Å². The van der Waals surface area contributed by atoms with Crippen LogP contribution in [-0.4, -0.2) is 32.9 Å². The van der Waals surface area contributed by atoms with Gasteiger partial charge in [0, 0.05) is 12.1 Å². The van der Waals surface area contributed by atoms with Crippen LogP contribution >= 0.6 is 0 Å². The zero-order valence-corrected chi connectivity index (χ0v) is 21.1. The molecule has 1 atom stereocenters. The van der Waals surface area contributed by atoms with Crippen LogP contribution in [0.15, 0.2) is 83.8 Å². The standard InChI is InChI=1S/C26H29N3O6S/c1-19(2)16-25(20-12-14-23(35-3)15-13-20)27-26(30)18-28(21-8-7-9-22(17-21)29(31)32)36(33,34)24-10-5-4-6-11-24/h4-15,17,19,25H,16,18H2,1-3H3,(H,27,30)/t25-/m0/s1. The Morgan fingerprint density at radius 3 is 2.28 bits per heavy atom. The number of anilines is 1. The number of nitro groups is 1. The van der Waals surface area contributed by atoms with E-state index in [1.807, 2.05) is 26.0 Å². The molecular weight excluding hydrogens is 482 g/mol. The average Bonchev–Trinajstić information content (AvgIpc) is 2.87. The predicted octanol–water partition coefficient (Wildman–Crippen LogP) is 4.70. The number of nitrogens with one attached hydrogen (secondary N) is 1. The fourth-order valence-electron chi connectivity index (χ4n) is 3.75. The molecule has 0 aliphatic heterocycles. The lowest BCUT2D eigenvalue weighted by molar-refractivity contribution is -0.384. The second kappa shape index (κ2) is 11.7. The van der Waals surface area contributed by atoms with Crippen molar-refractivity contribution >= 4 is 27.3 Å². The van der Waals surface area contributed by atoms with Crippen molar-refractivity contribution in [1.29, 1.82) is 0 Å². The Balaban J connectivity index is 1.95. The molecule has 3 aromatic carbocycles. The Labute approximate surface area is 210 Å². The predicted molar refractivity (Wildman–Crippen MR) is 137 cm³/mol. The molecule has 0 bridgehead atoms. The fraction of sp³-hybridized carbons (Fsp3) is 0.269. The molecule has 0 radical (unpaired) electrons. The van der Waals surface area contributed by atoms with E-state index in [1.165, 1.54) is 30.3 Å². The summed E-state index contributed by atoms with van der Waals surface area (Å²) in [6, 6.07) is 19.8. The van der Waals surface area contributed by atoms with Crippen LogP contribution in [0, 0.1) is 16.0 Å². The highest BCUT2D eigenvalue weighted by Gasteiger charge is 2.29. The number of non-ortho nitro benzene ring substituents is 1. The van der Waals surface area contributed by atoms with Gasteiger partial charge in [0.1, 0.15) is 12.3 Å². The third-order valence-electron chi connectivity index (χ3n) is 5.51. The number of carbonyl (C=O) groups is 1. The summed E-state index contributed by atoms with van der Waals surface area (Å²) in [5.74, 6) is 0.389. The molecule has 1 amide bonds. The maximum Gasteiger partial charge on any atom is 0.271 e. The SMILES string of the molecule is COc1ccc([C@H](CC(C)C)NC(=O)CN(c2cccc([N+](=O)[O-])c2)S(=O)(=O)c2ccccc2)cc1. The van der Waals surface area contributed by atoms with Crippen LogP contribution in [-0.2, 0) is 14.8 Å². The normalized spacial score (nSPS) is 12.1. The van der Waals surface area contributed by atoms with Crippen molar-refractivity contribution in [2.24, 2.45) is 5.92 Å². The maximum atomic E-state index is 13.5. The number of nitro benzene ring substituents is 1. The Hall–Kier alpha value is -3.92. The van der Waals surface area contributed by atoms with Crippen molar-refractivity contribution in [3.05, 3.63) is 94.5 Å². The van der Waals surface area contributed by atoms with E-state index in [0.29, 0.717) is 12.2 Å². The lowest BCUT2D eigenvalue weighted by atomic mass is 9.97. The molecule has 36 heavy (non-hydrogen) atoms. The molecule has 0 aliphatic rings. The van der Waals surface area contributed by atoms with Crippen LogP contribution in [0.1, 0.15) is 31.9 Å². The number of hydrogen-bond donors (Lipinski definition) is 1. The van der Waals surface area contributed by atoms with Crippen molar-refractivity contribution in [2.45, 2.75) is 31.2 Å². The van der Waals surface area contributed by atoms with Crippen LogP contribution in [0.2, 0.25) is 0 Å². The zero-order valence-electron chi connectivity index (χ0n) is 20.3. The lowest BCUT2D eigenvalue weighted by Crippen LogP contribution is -2.42. The van der Waals surface area contributed by atoms with Gasteiger partial charge in [0.2, 0.25) is 5.91 Å². The quantitative estimate of drug-likeness (QED) is 0.294. The highest BCUT2D eigenvalue weighted by atomic mass is 32.2. The van der Waals surface area contributed by atoms with Gasteiger partial charge in [-0.05, 0) is 48.2 Å². The molecule has 0 saturated heterocycles. The number of amides is 1. The van der Waals surface area contributed by atoms with E-state index in [2.05, 4.69) is 5.32 Å². The second-order valence-corrected chi connectivity index (χ2v) is 10.5. The lowest BCUT2D eigenvalue weighted by Gasteiger charge is -2.26. The van der Waals surface area contributed by atoms with Gasteiger partial charge < -0.3 is 10.1 Å².